The average Bonchev–Trinajstić information content (AvgIpc) is 2.09. The van der Waals surface area contributed by atoms with E-state index in [1.54, 1.807) is 0 Å². The molecule has 68 valence electrons. The van der Waals surface area contributed by atoms with Crippen LogP contribution in [0.1, 0.15) is 19.4 Å². The zero-order valence-corrected chi connectivity index (χ0v) is 8.41. The number of benzene rings is 1. The molecule has 0 bridgehead atoms. The zero-order valence-electron chi connectivity index (χ0n) is 8.41. The number of aryl methyl sites for hydroxylation is 1. The van der Waals surface area contributed by atoms with Crippen molar-refractivity contribution in [2.75, 3.05) is 0 Å². The van der Waals surface area contributed by atoms with Crippen LogP contribution < -0.4 is 0 Å². The van der Waals surface area contributed by atoms with Gasteiger partial charge in [0.1, 0.15) is 0 Å². The first-order chi connectivity index (χ1) is 6.24. The van der Waals surface area contributed by atoms with E-state index in [4.69, 9.17) is 0 Å². The van der Waals surface area contributed by atoms with Crippen LogP contribution in [0, 0.1) is 6.92 Å². The number of hydrogen-bond donors (Lipinski definition) is 0. The Hall–Kier alpha value is -1.37. The highest BCUT2D eigenvalue weighted by molar-refractivity contribution is 5.94. The highest BCUT2D eigenvalue weighted by Gasteiger charge is 1.92. The molecule has 1 rings (SSSR count). The number of nitrogens with zero attached hydrogens (tertiary/aromatic N) is 1. The smallest absolute Gasteiger partial charge is 0.0661 e. The molecule has 0 aliphatic rings. The number of allylic oxidation sites excluding steroid dienone is 2. The van der Waals surface area contributed by atoms with Crippen molar-refractivity contribution in [3.8, 4) is 0 Å². The van der Waals surface area contributed by atoms with Crippen molar-refractivity contribution in [2.45, 2.75) is 20.8 Å². The Morgan fingerprint density at radius 2 is 2.00 bits per heavy atom. The standard InChI is InChI=1S/C12H15N/c1-4-7-11(3)13-12-9-6-5-8-10(12)2/h4-9H,1-3H3/b7-4-,13-11?. The van der Waals surface area contributed by atoms with Crippen LogP contribution in [0.5, 0.6) is 0 Å². The molecule has 0 N–H and O–H groups in total. The highest BCUT2D eigenvalue weighted by Crippen LogP contribution is 2.17. The monoisotopic (exact) mass is 173 g/mol. The molecule has 0 aliphatic heterocycles. The summed E-state index contributed by atoms with van der Waals surface area (Å²) in [5, 5.41) is 0. The molecule has 0 atom stereocenters. The first kappa shape index (κ1) is 9.72. The van der Waals surface area contributed by atoms with Crippen molar-refractivity contribution in [1.29, 1.82) is 0 Å². The second kappa shape index (κ2) is 4.61. The Morgan fingerprint density at radius 1 is 1.31 bits per heavy atom. The highest BCUT2D eigenvalue weighted by atomic mass is 14.7. The Labute approximate surface area is 79.8 Å². The van der Waals surface area contributed by atoms with E-state index in [2.05, 4.69) is 18.0 Å². The van der Waals surface area contributed by atoms with Crippen LogP contribution in [-0.2, 0) is 0 Å². The van der Waals surface area contributed by atoms with E-state index in [1.807, 2.05) is 44.2 Å². The lowest BCUT2D eigenvalue weighted by atomic mass is 10.2. The molecule has 0 amide bonds. The lowest BCUT2D eigenvalue weighted by Crippen LogP contribution is -1.83. The summed E-state index contributed by atoms with van der Waals surface area (Å²) in [4.78, 5) is 4.48. The van der Waals surface area contributed by atoms with Gasteiger partial charge in [-0.3, -0.25) is 4.99 Å². The van der Waals surface area contributed by atoms with Crippen molar-refractivity contribution in [3.63, 3.8) is 0 Å². The molecule has 1 heteroatoms. The lowest BCUT2D eigenvalue weighted by molar-refractivity contribution is 1.39. The van der Waals surface area contributed by atoms with Crippen LogP contribution >= 0.6 is 0 Å². The Kier molecular flexibility index (Phi) is 3.44. The maximum absolute atomic E-state index is 4.48. The third-order valence-electron chi connectivity index (χ3n) is 1.82. The van der Waals surface area contributed by atoms with Crippen molar-refractivity contribution < 1.29 is 0 Å². The second-order valence-corrected chi connectivity index (χ2v) is 3.04. The maximum atomic E-state index is 4.48. The molecular weight excluding hydrogens is 158 g/mol. The molecule has 0 aromatic heterocycles. The molecule has 0 spiro atoms. The van der Waals surface area contributed by atoms with Gasteiger partial charge in [-0.15, -0.1) is 0 Å². The summed E-state index contributed by atoms with van der Waals surface area (Å²) in [6.07, 6.45) is 4.00. The van der Waals surface area contributed by atoms with Gasteiger partial charge in [0.05, 0.1) is 5.69 Å². The van der Waals surface area contributed by atoms with Gasteiger partial charge >= 0.3 is 0 Å². The second-order valence-electron chi connectivity index (χ2n) is 3.04. The van der Waals surface area contributed by atoms with E-state index in [1.165, 1.54) is 5.56 Å². The van der Waals surface area contributed by atoms with Crippen LogP contribution in [0.3, 0.4) is 0 Å². The number of hydrogen-bond acceptors (Lipinski definition) is 1. The molecule has 0 heterocycles. The van der Waals surface area contributed by atoms with E-state index in [0.29, 0.717) is 0 Å². The Morgan fingerprint density at radius 3 is 2.62 bits per heavy atom. The van der Waals surface area contributed by atoms with Gasteiger partial charge in [0.2, 0.25) is 0 Å². The largest absolute Gasteiger partial charge is 0.254 e. The van der Waals surface area contributed by atoms with Crippen LogP contribution in [0.25, 0.3) is 0 Å². The summed E-state index contributed by atoms with van der Waals surface area (Å²) in [5.41, 5.74) is 3.31. The SMILES string of the molecule is C/C=C\C(C)=Nc1ccccc1C. The molecular formula is C12H15N. The molecule has 13 heavy (non-hydrogen) atoms. The number of rotatable bonds is 2. The predicted octanol–water partition coefficient (Wildman–Crippen LogP) is 3.66. The van der Waals surface area contributed by atoms with Crippen molar-refractivity contribution in [1.82, 2.24) is 0 Å². The molecule has 0 radical (unpaired) electrons. The van der Waals surface area contributed by atoms with Crippen LogP contribution in [0.15, 0.2) is 41.4 Å². The van der Waals surface area contributed by atoms with Gasteiger partial charge < -0.3 is 0 Å². The van der Waals surface area contributed by atoms with Gasteiger partial charge in [-0.25, -0.2) is 0 Å². The molecule has 0 saturated carbocycles. The average molecular weight is 173 g/mol. The molecule has 1 nitrogen and oxygen atoms in total. The number of para-hydroxylation sites is 1. The van der Waals surface area contributed by atoms with E-state index in [9.17, 15) is 0 Å². The van der Waals surface area contributed by atoms with Crippen LogP contribution in [-0.4, -0.2) is 5.71 Å². The minimum Gasteiger partial charge on any atom is -0.254 e. The summed E-state index contributed by atoms with van der Waals surface area (Å²) in [5.74, 6) is 0. The van der Waals surface area contributed by atoms with Gasteiger partial charge in [-0.05, 0) is 38.5 Å². The topological polar surface area (TPSA) is 12.4 Å². The zero-order chi connectivity index (χ0) is 9.68. The van der Waals surface area contributed by atoms with E-state index in [-0.39, 0.29) is 0 Å². The minimum atomic E-state index is 1.04. The summed E-state index contributed by atoms with van der Waals surface area (Å²) >= 11 is 0. The fourth-order valence-electron chi connectivity index (χ4n) is 1.16. The maximum Gasteiger partial charge on any atom is 0.0661 e. The van der Waals surface area contributed by atoms with Crippen molar-refractivity contribution in [2.24, 2.45) is 4.99 Å². The van der Waals surface area contributed by atoms with Gasteiger partial charge in [-0.1, -0.05) is 24.3 Å². The van der Waals surface area contributed by atoms with Crippen molar-refractivity contribution >= 4 is 11.4 Å². The summed E-state index contributed by atoms with van der Waals surface area (Å²) in [6, 6.07) is 8.14. The Bertz CT molecular complexity index is 335. The molecule has 1 aromatic carbocycles. The van der Waals surface area contributed by atoms with Gasteiger partial charge in [-0.2, -0.15) is 0 Å². The fraction of sp³-hybridized carbons (Fsp3) is 0.250. The third-order valence-corrected chi connectivity index (χ3v) is 1.82. The fourth-order valence-corrected chi connectivity index (χ4v) is 1.16. The van der Waals surface area contributed by atoms with Gasteiger partial charge in [0.15, 0.2) is 0 Å². The number of aliphatic imine (C=N–C) groups is 1. The first-order valence-electron chi connectivity index (χ1n) is 4.47. The van der Waals surface area contributed by atoms with Gasteiger partial charge in [0.25, 0.3) is 0 Å². The third kappa shape index (κ3) is 2.86. The molecule has 0 saturated heterocycles. The van der Waals surface area contributed by atoms with E-state index in [0.717, 1.165) is 11.4 Å². The lowest BCUT2D eigenvalue weighted by Gasteiger charge is -1.99. The van der Waals surface area contributed by atoms with Crippen LogP contribution in [0.2, 0.25) is 0 Å². The minimum absolute atomic E-state index is 1.04. The summed E-state index contributed by atoms with van der Waals surface area (Å²) < 4.78 is 0. The Balaban J connectivity index is 2.97. The molecule has 0 fully saturated rings. The molecule has 1 aromatic rings. The van der Waals surface area contributed by atoms with Crippen molar-refractivity contribution in [3.05, 3.63) is 42.0 Å². The normalized spacial score (nSPS) is 12.4. The summed E-state index contributed by atoms with van der Waals surface area (Å²) in [7, 11) is 0. The van der Waals surface area contributed by atoms with Crippen LogP contribution in [0.4, 0.5) is 5.69 Å². The quantitative estimate of drug-likeness (QED) is 0.605. The first-order valence-corrected chi connectivity index (χ1v) is 4.47. The van der Waals surface area contributed by atoms with Gasteiger partial charge in [0, 0.05) is 5.71 Å². The van der Waals surface area contributed by atoms with E-state index >= 15 is 0 Å². The summed E-state index contributed by atoms with van der Waals surface area (Å²) in [6.45, 7) is 6.07. The van der Waals surface area contributed by atoms with E-state index < -0.39 is 0 Å². The predicted molar refractivity (Wildman–Crippen MR) is 58.8 cm³/mol. The molecule has 0 aliphatic carbocycles. The molecule has 0 unspecified atom stereocenters.